The Bertz CT molecular complexity index is 1300. The van der Waals surface area contributed by atoms with Crippen molar-refractivity contribution >= 4 is 39.3 Å². The number of nitrogens with zero attached hydrogens (tertiary/aromatic N) is 4. The Kier molecular flexibility index (Phi) is 4.85. The number of allylic oxidation sites excluding steroid dienone is 1. The van der Waals surface area contributed by atoms with Crippen molar-refractivity contribution in [2.75, 3.05) is 11.1 Å². The Hall–Kier alpha value is -3.40. The number of fused-ring (bicyclic) bond motifs is 1. The minimum Gasteiger partial charge on any atom is -0.307 e. The van der Waals surface area contributed by atoms with Crippen LogP contribution >= 0.6 is 11.8 Å². The number of anilines is 2. The summed E-state index contributed by atoms with van der Waals surface area (Å²) in [5, 5.41) is 11.0. The molecule has 1 aliphatic rings. The van der Waals surface area contributed by atoms with E-state index in [-0.39, 0.29) is 17.3 Å². The van der Waals surface area contributed by atoms with Crippen LogP contribution in [0.25, 0.3) is 27.2 Å². The number of nitrogens with one attached hydrogen (secondary N) is 2. The highest BCUT2D eigenvalue weighted by Crippen LogP contribution is 2.38. The molecule has 0 aliphatic carbocycles. The van der Waals surface area contributed by atoms with Gasteiger partial charge in [-0.05, 0) is 24.6 Å². The van der Waals surface area contributed by atoms with Gasteiger partial charge >= 0.3 is 6.18 Å². The summed E-state index contributed by atoms with van der Waals surface area (Å²) in [7, 11) is 0. The minimum atomic E-state index is -4.53. The van der Waals surface area contributed by atoms with Crippen LogP contribution in [0.1, 0.15) is 17.8 Å². The van der Waals surface area contributed by atoms with E-state index in [9.17, 15) is 13.2 Å². The molecule has 0 spiro atoms. The SMILES string of the molecule is FC(F)(F)c1ccccc1-c1nc(Nc2n[nH]c3ccccc23)nc(C2=CCCS2)n1. The van der Waals surface area contributed by atoms with Crippen LogP contribution in [0.15, 0.2) is 54.6 Å². The number of halogens is 3. The van der Waals surface area contributed by atoms with Crippen molar-refractivity contribution in [2.45, 2.75) is 12.6 Å². The van der Waals surface area contributed by atoms with Crippen molar-refractivity contribution in [3.05, 3.63) is 66.0 Å². The van der Waals surface area contributed by atoms with Crippen molar-refractivity contribution in [1.29, 1.82) is 0 Å². The summed E-state index contributed by atoms with van der Waals surface area (Å²) < 4.78 is 40.8. The van der Waals surface area contributed by atoms with Gasteiger partial charge in [0.15, 0.2) is 17.5 Å². The monoisotopic (exact) mass is 440 g/mol. The maximum Gasteiger partial charge on any atom is 0.417 e. The van der Waals surface area contributed by atoms with E-state index in [1.807, 2.05) is 30.3 Å². The van der Waals surface area contributed by atoms with E-state index in [4.69, 9.17) is 0 Å². The van der Waals surface area contributed by atoms with E-state index in [1.165, 1.54) is 18.2 Å². The van der Waals surface area contributed by atoms with Gasteiger partial charge in [0.05, 0.1) is 11.1 Å². The van der Waals surface area contributed by atoms with Crippen LogP contribution in [0.3, 0.4) is 0 Å². The first-order valence-electron chi connectivity index (χ1n) is 9.45. The van der Waals surface area contributed by atoms with Crippen LogP contribution in [0, 0.1) is 0 Å². The lowest BCUT2D eigenvalue weighted by Crippen LogP contribution is -2.10. The molecule has 4 aromatic rings. The molecule has 156 valence electrons. The fraction of sp³-hybridized carbons (Fsp3) is 0.143. The third kappa shape index (κ3) is 3.86. The van der Waals surface area contributed by atoms with Gasteiger partial charge in [0.2, 0.25) is 5.95 Å². The molecule has 2 N–H and O–H groups in total. The zero-order valence-corrected chi connectivity index (χ0v) is 16.8. The zero-order valence-electron chi connectivity index (χ0n) is 15.9. The second-order valence-corrected chi connectivity index (χ2v) is 7.93. The van der Waals surface area contributed by atoms with Gasteiger partial charge in [-0.1, -0.05) is 36.4 Å². The number of aromatic amines is 1. The van der Waals surface area contributed by atoms with Gasteiger partial charge in [-0.3, -0.25) is 5.10 Å². The van der Waals surface area contributed by atoms with Crippen molar-refractivity contribution in [2.24, 2.45) is 0 Å². The van der Waals surface area contributed by atoms with Gasteiger partial charge in [-0.2, -0.15) is 28.2 Å². The van der Waals surface area contributed by atoms with E-state index < -0.39 is 11.7 Å². The molecule has 1 aliphatic heterocycles. The zero-order chi connectivity index (χ0) is 21.4. The van der Waals surface area contributed by atoms with Gasteiger partial charge in [0, 0.05) is 21.6 Å². The fourth-order valence-electron chi connectivity index (χ4n) is 3.33. The Morgan fingerprint density at radius 1 is 0.935 bits per heavy atom. The van der Waals surface area contributed by atoms with Gasteiger partial charge < -0.3 is 5.32 Å². The molecule has 0 fully saturated rings. The topological polar surface area (TPSA) is 79.4 Å². The molecular formula is C21H15F3N6S. The summed E-state index contributed by atoms with van der Waals surface area (Å²) in [6.07, 6.45) is -1.70. The van der Waals surface area contributed by atoms with Crippen LogP contribution in [0.5, 0.6) is 0 Å². The summed E-state index contributed by atoms with van der Waals surface area (Å²) in [6, 6.07) is 12.8. The maximum atomic E-state index is 13.6. The number of para-hydroxylation sites is 1. The first-order valence-corrected chi connectivity index (χ1v) is 10.4. The van der Waals surface area contributed by atoms with E-state index in [0.717, 1.165) is 34.0 Å². The number of alkyl halides is 3. The van der Waals surface area contributed by atoms with E-state index in [2.05, 4.69) is 30.5 Å². The summed E-state index contributed by atoms with van der Waals surface area (Å²) in [6.45, 7) is 0. The van der Waals surface area contributed by atoms with Gasteiger partial charge in [0.25, 0.3) is 0 Å². The number of rotatable bonds is 4. The number of H-pyrrole nitrogens is 1. The van der Waals surface area contributed by atoms with E-state index in [0.29, 0.717) is 11.6 Å². The molecule has 31 heavy (non-hydrogen) atoms. The molecule has 0 saturated carbocycles. The van der Waals surface area contributed by atoms with Crippen LogP contribution in [-0.4, -0.2) is 30.9 Å². The highest BCUT2D eigenvalue weighted by molar-refractivity contribution is 8.08. The Labute approximate surface area is 179 Å². The van der Waals surface area contributed by atoms with E-state index >= 15 is 0 Å². The molecule has 2 aromatic carbocycles. The van der Waals surface area contributed by atoms with Crippen LogP contribution in [-0.2, 0) is 6.18 Å². The first-order chi connectivity index (χ1) is 15.0. The quantitative estimate of drug-likeness (QED) is 0.427. The highest BCUT2D eigenvalue weighted by atomic mass is 32.2. The number of benzene rings is 2. The van der Waals surface area contributed by atoms with Crippen molar-refractivity contribution < 1.29 is 13.2 Å². The fourth-order valence-corrected chi connectivity index (χ4v) is 4.24. The third-order valence-corrected chi connectivity index (χ3v) is 5.83. The highest BCUT2D eigenvalue weighted by Gasteiger charge is 2.34. The van der Waals surface area contributed by atoms with Crippen LogP contribution < -0.4 is 5.32 Å². The Morgan fingerprint density at radius 3 is 2.52 bits per heavy atom. The lowest BCUT2D eigenvalue weighted by Gasteiger charge is -2.13. The second kappa shape index (κ2) is 7.69. The predicted molar refractivity (Wildman–Crippen MR) is 115 cm³/mol. The second-order valence-electron chi connectivity index (χ2n) is 6.80. The smallest absolute Gasteiger partial charge is 0.307 e. The lowest BCUT2D eigenvalue weighted by molar-refractivity contribution is -0.137. The summed E-state index contributed by atoms with van der Waals surface area (Å²) >= 11 is 1.56. The van der Waals surface area contributed by atoms with Crippen molar-refractivity contribution in [3.8, 4) is 11.4 Å². The molecule has 2 aromatic heterocycles. The Balaban J connectivity index is 1.64. The normalized spacial score (nSPS) is 14.1. The van der Waals surface area contributed by atoms with Crippen molar-refractivity contribution in [1.82, 2.24) is 25.1 Å². The third-order valence-electron chi connectivity index (χ3n) is 4.73. The molecule has 0 radical (unpaired) electrons. The molecular weight excluding hydrogens is 425 g/mol. The minimum absolute atomic E-state index is 0.0475. The molecule has 6 nitrogen and oxygen atoms in total. The molecule has 0 saturated heterocycles. The van der Waals surface area contributed by atoms with E-state index in [1.54, 1.807) is 11.8 Å². The average Bonchev–Trinajstić information content (AvgIpc) is 3.44. The average molecular weight is 440 g/mol. The summed E-state index contributed by atoms with van der Waals surface area (Å²) in [5.41, 5.74) is -0.0791. The van der Waals surface area contributed by atoms with Crippen LogP contribution in [0.4, 0.5) is 24.9 Å². The number of hydrogen-bond donors (Lipinski definition) is 2. The van der Waals surface area contributed by atoms with Crippen LogP contribution in [0.2, 0.25) is 0 Å². The molecule has 10 heteroatoms. The lowest BCUT2D eigenvalue weighted by atomic mass is 10.1. The maximum absolute atomic E-state index is 13.6. The van der Waals surface area contributed by atoms with Gasteiger partial charge in [0.1, 0.15) is 0 Å². The Morgan fingerprint density at radius 2 is 1.71 bits per heavy atom. The van der Waals surface area contributed by atoms with Gasteiger partial charge in [-0.15, -0.1) is 11.8 Å². The molecule has 0 bridgehead atoms. The molecule has 0 atom stereocenters. The largest absolute Gasteiger partial charge is 0.417 e. The van der Waals surface area contributed by atoms with Crippen molar-refractivity contribution in [3.63, 3.8) is 0 Å². The predicted octanol–water partition coefficient (Wildman–Crippen LogP) is 5.66. The molecule has 0 unspecified atom stereocenters. The number of thioether (sulfide) groups is 1. The first kappa shape index (κ1) is 19.6. The number of hydrogen-bond acceptors (Lipinski definition) is 6. The standard InChI is InChI=1S/C21H15F3N6S/c22-21(23,24)14-8-3-1-6-12(14)17-25-19(16-10-5-11-31-16)28-20(26-17)27-18-13-7-2-4-9-15(13)29-30-18/h1-4,6-10H,5,11H2,(H2,25,26,27,28,29,30). The summed E-state index contributed by atoms with van der Waals surface area (Å²) in [4.78, 5) is 14.0. The number of aromatic nitrogens is 5. The summed E-state index contributed by atoms with van der Waals surface area (Å²) in [5.74, 6) is 1.78. The molecule has 3 heterocycles. The molecule has 5 rings (SSSR count). The van der Waals surface area contributed by atoms with Gasteiger partial charge in [-0.25, -0.2) is 4.98 Å². The molecule has 0 amide bonds.